The third-order valence-electron chi connectivity index (χ3n) is 2.75. The van der Waals surface area contributed by atoms with E-state index >= 15 is 0 Å². The molecule has 3 N–H and O–H groups in total. The van der Waals surface area contributed by atoms with Crippen molar-refractivity contribution in [2.45, 2.75) is 13.8 Å². The minimum absolute atomic E-state index is 0.102. The molecule has 0 aliphatic heterocycles. The summed E-state index contributed by atoms with van der Waals surface area (Å²) in [7, 11) is 0. The van der Waals surface area contributed by atoms with Gasteiger partial charge in [0.25, 0.3) is 0 Å². The maximum absolute atomic E-state index is 5.45. The number of hydrazone groups is 1. The van der Waals surface area contributed by atoms with Crippen molar-refractivity contribution < 1.29 is 0 Å². The van der Waals surface area contributed by atoms with Gasteiger partial charge in [0.2, 0.25) is 0 Å². The van der Waals surface area contributed by atoms with Crippen LogP contribution in [0.15, 0.2) is 41.8 Å². The molecule has 2 heterocycles. The number of aromatic nitrogens is 2. The summed E-state index contributed by atoms with van der Waals surface area (Å²) in [6, 6.07) is 7.69. The quantitative estimate of drug-likeness (QED) is 0.510. The van der Waals surface area contributed by atoms with E-state index in [2.05, 4.69) is 20.5 Å². The van der Waals surface area contributed by atoms with Crippen LogP contribution in [0.25, 0.3) is 0 Å². The highest BCUT2D eigenvalue weighted by atomic mass is 32.1. The van der Waals surface area contributed by atoms with Crippen molar-refractivity contribution in [1.82, 2.24) is 15.4 Å². The van der Waals surface area contributed by atoms with E-state index < -0.39 is 0 Å². The van der Waals surface area contributed by atoms with Crippen molar-refractivity contribution in [3.8, 4) is 0 Å². The molecule has 102 valence electrons. The van der Waals surface area contributed by atoms with E-state index in [1.807, 2.05) is 38.1 Å². The molecule has 0 amide bonds. The first kappa shape index (κ1) is 14.1. The molecule has 0 spiro atoms. The van der Waals surface area contributed by atoms with Crippen LogP contribution in [0.4, 0.5) is 0 Å². The van der Waals surface area contributed by atoms with Crippen LogP contribution in [0.2, 0.25) is 0 Å². The number of hydrogen-bond acceptors (Lipinski definition) is 4. The number of aryl methyl sites for hydroxylation is 2. The van der Waals surface area contributed by atoms with Gasteiger partial charge in [0.1, 0.15) is 5.71 Å². The molecule has 0 bridgehead atoms. The van der Waals surface area contributed by atoms with E-state index in [0.717, 1.165) is 22.5 Å². The molecule has 2 aromatic heterocycles. The molecule has 0 aliphatic carbocycles. The molecule has 6 heteroatoms. The second-order valence-electron chi connectivity index (χ2n) is 4.27. The number of nitrogens with zero attached hydrogens (tertiary/aromatic N) is 3. The summed E-state index contributed by atoms with van der Waals surface area (Å²) in [6.45, 7) is 3.94. The molecule has 0 aromatic carbocycles. The number of nitrogens with one attached hydrogen (secondary N) is 1. The average molecular weight is 285 g/mol. The zero-order valence-corrected chi connectivity index (χ0v) is 12.1. The Labute approximate surface area is 123 Å². The van der Waals surface area contributed by atoms with Gasteiger partial charge in [0.05, 0.1) is 11.4 Å². The smallest absolute Gasteiger partial charge is 0.184 e. The van der Waals surface area contributed by atoms with Crippen LogP contribution in [0.5, 0.6) is 0 Å². The van der Waals surface area contributed by atoms with E-state index in [1.54, 1.807) is 12.4 Å². The van der Waals surface area contributed by atoms with Crippen LogP contribution >= 0.6 is 12.2 Å². The second-order valence-corrected chi connectivity index (χ2v) is 4.71. The van der Waals surface area contributed by atoms with Crippen molar-refractivity contribution >= 4 is 23.0 Å². The molecule has 0 fully saturated rings. The van der Waals surface area contributed by atoms with Crippen LogP contribution in [0.1, 0.15) is 22.5 Å². The first-order valence-corrected chi connectivity index (χ1v) is 6.47. The summed E-state index contributed by atoms with van der Waals surface area (Å²) in [4.78, 5) is 8.76. The summed E-state index contributed by atoms with van der Waals surface area (Å²) in [6.07, 6.45) is 3.44. The Morgan fingerprint density at radius 1 is 1.10 bits per heavy atom. The Kier molecular flexibility index (Phi) is 4.37. The highest BCUT2D eigenvalue weighted by Gasteiger charge is 2.14. The number of rotatable bonds is 3. The van der Waals surface area contributed by atoms with Crippen LogP contribution in [-0.4, -0.2) is 20.8 Å². The summed E-state index contributed by atoms with van der Waals surface area (Å²) in [5.41, 5.74) is 12.2. The molecular formula is C14H15N5S. The van der Waals surface area contributed by atoms with Crippen molar-refractivity contribution in [3.05, 3.63) is 59.2 Å². The van der Waals surface area contributed by atoms with Gasteiger partial charge in [-0.2, -0.15) is 5.10 Å². The fourth-order valence-electron chi connectivity index (χ4n) is 1.80. The Balaban J connectivity index is 2.57. The van der Waals surface area contributed by atoms with Gasteiger partial charge in [-0.05, 0) is 49.3 Å². The standard InChI is InChI=1S/C14H15N5S/c1-9-5-3-7-16-11(9)13(18-19-14(15)20)12-10(2)6-4-8-17-12/h3-8H,1-2H3,(H3,15,19,20). The lowest BCUT2D eigenvalue weighted by atomic mass is 10.0. The highest BCUT2D eigenvalue weighted by molar-refractivity contribution is 7.80. The number of pyridine rings is 2. The van der Waals surface area contributed by atoms with Gasteiger partial charge in [-0.25, -0.2) is 0 Å². The minimum atomic E-state index is 0.102. The monoisotopic (exact) mass is 285 g/mol. The number of hydrogen-bond donors (Lipinski definition) is 2. The lowest BCUT2D eigenvalue weighted by molar-refractivity contribution is 1.02. The van der Waals surface area contributed by atoms with Gasteiger partial charge < -0.3 is 5.73 Å². The van der Waals surface area contributed by atoms with Crippen LogP contribution in [-0.2, 0) is 0 Å². The fraction of sp³-hybridized carbons (Fsp3) is 0.143. The Morgan fingerprint density at radius 2 is 1.60 bits per heavy atom. The number of thiocarbonyl (C=S) groups is 1. The van der Waals surface area contributed by atoms with Crippen molar-refractivity contribution in [2.24, 2.45) is 10.8 Å². The zero-order chi connectivity index (χ0) is 14.5. The molecule has 0 saturated carbocycles. The highest BCUT2D eigenvalue weighted by Crippen LogP contribution is 2.13. The van der Waals surface area contributed by atoms with Crippen LogP contribution < -0.4 is 11.2 Å². The minimum Gasteiger partial charge on any atom is -0.375 e. The largest absolute Gasteiger partial charge is 0.375 e. The molecule has 20 heavy (non-hydrogen) atoms. The van der Waals surface area contributed by atoms with E-state index in [1.165, 1.54) is 0 Å². The molecule has 0 radical (unpaired) electrons. The third kappa shape index (κ3) is 3.16. The Hall–Kier alpha value is -2.34. The van der Waals surface area contributed by atoms with Gasteiger partial charge in [-0.1, -0.05) is 12.1 Å². The fourth-order valence-corrected chi connectivity index (χ4v) is 1.84. The van der Waals surface area contributed by atoms with E-state index in [0.29, 0.717) is 5.71 Å². The Morgan fingerprint density at radius 3 is 2.00 bits per heavy atom. The van der Waals surface area contributed by atoms with Crippen molar-refractivity contribution in [2.75, 3.05) is 0 Å². The molecule has 2 aromatic rings. The SMILES string of the molecule is Cc1cccnc1C(=NNC(N)=S)c1ncccc1C. The van der Waals surface area contributed by atoms with E-state index in [4.69, 9.17) is 18.0 Å². The van der Waals surface area contributed by atoms with Gasteiger partial charge in [-0.15, -0.1) is 0 Å². The van der Waals surface area contributed by atoms with Gasteiger partial charge in [0.15, 0.2) is 5.11 Å². The van der Waals surface area contributed by atoms with Gasteiger partial charge in [-0.3, -0.25) is 15.4 Å². The summed E-state index contributed by atoms with van der Waals surface area (Å²) in [5.74, 6) is 0. The van der Waals surface area contributed by atoms with Gasteiger partial charge >= 0.3 is 0 Å². The van der Waals surface area contributed by atoms with E-state index in [9.17, 15) is 0 Å². The zero-order valence-electron chi connectivity index (χ0n) is 11.3. The molecule has 0 saturated heterocycles. The summed E-state index contributed by atoms with van der Waals surface area (Å²) >= 11 is 4.80. The maximum Gasteiger partial charge on any atom is 0.184 e. The summed E-state index contributed by atoms with van der Waals surface area (Å²) < 4.78 is 0. The lowest BCUT2D eigenvalue weighted by Crippen LogP contribution is -2.27. The van der Waals surface area contributed by atoms with Gasteiger partial charge in [0, 0.05) is 12.4 Å². The number of nitrogens with two attached hydrogens (primary N) is 1. The maximum atomic E-state index is 5.45. The predicted molar refractivity (Wildman–Crippen MR) is 83.5 cm³/mol. The Bertz CT molecular complexity index is 619. The predicted octanol–water partition coefficient (Wildman–Crippen LogP) is 1.68. The third-order valence-corrected chi connectivity index (χ3v) is 2.84. The molecular weight excluding hydrogens is 270 g/mol. The molecule has 0 atom stereocenters. The topological polar surface area (TPSA) is 76.2 Å². The molecule has 0 unspecified atom stereocenters. The van der Waals surface area contributed by atoms with Crippen molar-refractivity contribution in [1.29, 1.82) is 0 Å². The van der Waals surface area contributed by atoms with Crippen molar-refractivity contribution in [3.63, 3.8) is 0 Å². The lowest BCUT2D eigenvalue weighted by Gasteiger charge is -2.10. The normalized spacial score (nSPS) is 9.90. The first-order chi connectivity index (χ1) is 9.59. The second kappa shape index (κ2) is 6.21. The van der Waals surface area contributed by atoms with Crippen LogP contribution in [0.3, 0.4) is 0 Å². The molecule has 0 aliphatic rings. The molecule has 5 nitrogen and oxygen atoms in total. The van der Waals surface area contributed by atoms with Crippen LogP contribution in [0, 0.1) is 13.8 Å². The average Bonchev–Trinajstić information content (AvgIpc) is 2.42. The molecule has 2 rings (SSSR count). The van der Waals surface area contributed by atoms with E-state index in [-0.39, 0.29) is 5.11 Å². The summed E-state index contributed by atoms with van der Waals surface area (Å²) in [5, 5.41) is 4.36. The first-order valence-electron chi connectivity index (χ1n) is 6.06.